The molecule has 3 rings (SSSR count). The second kappa shape index (κ2) is 10.8. The van der Waals surface area contributed by atoms with Crippen molar-refractivity contribution in [3.63, 3.8) is 0 Å². The minimum atomic E-state index is -0.479. The van der Waals surface area contributed by atoms with Crippen LogP contribution in [0.25, 0.3) is 10.9 Å². The van der Waals surface area contributed by atoms with E-state index in [1.54, 1.807) is 24.3 Å². The summed E-state index contributed by atoms with van der Waals surface area (Å²) in [6.45, 7) is 10.4. The lowest BCUT2D eigenvalue weighted by molar-refractivity contribution is 0.0944. The lowest BCUT2D eigenvalue weighted by Crippen LogP contribution is -2.30. The molecule has 0 aliphatic heterocycles. The van der Waals surface area contributed by atoms with Crippen molar-refractivity contribution >= 4 is 16.8 Å². The molecular weight excluding hydrogens is 326 g/mol. The van der Waals surface area contributed by atoms with Gasteiger partial charge in [0.25, 0.3) is 5.91 Å². The van der Waals surface area contributed by atoms with E-state index in [9.17, 15) is 9.59 Å². The number of nitrogens with one attached hydrogen (secondary N) is 2. The summed E-state index contributed by atoms with van der Waals surface area (Å²) in [5.74, 6) is -0.479. The molecule has 26 heavy (non-hydrogen) atoms. The van der Waals surface area contributed by atoms with E-state index in [2.05, 4.69) is 15.5 Å². The van der Waals surface area contributed by atoms with Crippen LogP contribution < -0.4 is 10.7 Å². The van der Waals surface area contributed by atoms with Gasteiger partial charge in [-0.1, -0.05) is 69.7 Å². The summed E-state index contributed by atoms with van der Waals surface area (Å²) in [4.78, 5) is 24.4. The zero-order chi connectivity index (χ0) is 19.5. The fraction of sp³-hybridized carbons (Fsp3) is 0.286. The monoisotopic (exact) mass is 353 g/mol. The molecule has 0 saturated heterocycles. The molecule has 2 N–H and O–H groups in total. The fourth-order valence-corrected chi connectivity index (χ4v) is 2.20. The average molecular weight is 353 g/mol. The van der Waals surface area contributed by atoms with Gasteiger partial charge in [-0.05, 0) is 24.6 Å². The molecule has 1 amide bonds. The molecule has 0 aliphatic rings. The van der Waals surface area contributed by atoms with Crippen LogP contribution in [0.15, 0.2) is 53.3 Å². The molecule has 5 nitrogen and oxygen atoms in total. The Hall–Kier alpha value is -2.95. The highest BCUT2D eigenvalue weighted by Gasteiger charge is 2.14. The Morgan fingerprint density at radius 2 is 1.62 bits per heavy atom. The summed E-state index contributed by atoms with van der Waals surface area (Å²) in [5, 5.41) is 9.79. The lowest BCUT2D eigenvalue weighted by atomic mass is 10.1. The van der Waals surface area contributed by atoms with Gasteiger partial charge in [0.05, 0.1) is 5.52 Å². The number of aromatic nitrogens is 2. The minimum Gasteiger partial charge on any atom is -0.346 e. The first-order valence-electron chi connectivity index (χ1n) is 8.96. The molecule has 0 unspecified atom stereocenters. The summed E-state index contributed by atoms with van der Waals surface area (Å²) in [7, 11) is 0. The first-order chi connectivity index (χ1) is 12.6. The van der Waals surface area contributed by atoms with Crippen molar-refractivity contribution in [1.82, 2.24) is 15.5 Å². The van der Waals surface area contributed by atoms with Crippen LogP contribution in [-0.2, 0) is 6.54 Å². The number of benzene rings is 2. The van der Waals surface area contributed by atoms with Crippen molar-refractivity contribution in [3.05, 3.63) is 75.6 Å². The van der Waals surface area contributed by atoms with Gasteiger partial charge in [0.2, 0.25) is 5.43 Å². The zero-order valence-electron chi connectivity index (χ0n) is 16.1. The van der Waals surface area contributed by atoms with Crippen LogP contribution >= 0.6 is 0 Å². The summed E-state index contributed by atoms with van der Waals surface area (Å²) in [6.07, 6.45) is 0. The molecule has 0 atom stereocenters. The summed E-state index contributed by atoms with van der Waals surface area (Å²) in [5.41, 5.74) is 2.25. The van der Waals surface area contributed by atoms with Crippen molar-refractivity contribution in [2.24, 2.45) is 0 Å². The molecule has 0 bridgehead atoms. The minimum absolute atomic E-state index is 0.120. The second-order valence-electron chi connectivity index (χ2n) is 5.12. The van der Waals surface area contributed by atoms with Crippen molar-refractivity contribution in [1.29, 1.82) is 0 Å². The highest BCUT2D eigenvalue weighted by Crippen LogP contribution is 2.06. The fourth-order valence-electron chi connectivity index (χ4n) is 2.20. The van der Waals surface area contributed by atoms with Crippen LogP contribution in [0, 0.1) is 6.92 Å². The molecule has 0 aliphatic carbocycles. The Morgan fingerprint density at radius 3 is 2.27 bits per heavy atom. The van der Waals surface area contributed by atoms with Gasteiger partial charge in [0.15, 0.2) is 5.69 Å². The van der Waals surface area contributed by atoms with E-state index in [0.29, 0.717) is 17.4 Å². The average Bonchev–Trinajstić information content (AvgIpc) is 2.71. The Bertz CT molecular complexity index is 884. The number of aromatic amines is 1. The molecule has 0 saturated carbocycles. The largest absolute Gasteiger partial charge is 0.346 e. The number of para-hydroxylation sites is 1. The van der Waals surface area contributed by atoms with E-state index in [1.165, 1.54) is 0 Å². The van der Waals surface area contributed by atoms with Crippen LogP contribution in [0.4, 0.5) is 0 Å². The smallest absolute Gasteiger partial charge is 0.276 e. The number of amides is 1. The third-order valence-corrected chi connectivity index (χ3v) is 3.46. The molecule has 3 aromatic rings. The first-order valence-corrected chi connectivity index (χ1v) is 8.96. The maximum Gasteiger partial charge on any atom is 0.276 e. The maximum absolute atomic E-state index is 12.3. The van der Waals surface area contributed by atoms with Crippen LogP contribution in [0.1, 0.15) is 49.3 Å². The van der Waals surface area contributed by atoms with Gasteiger partial charge >= 0.3 is 0 Å². The number of carbonyl (C=O) groups is 1. The molecule has 0 radical (unpaired) electrons. The summed E-state index contributed by atoms with van der Waals surface area (Å²) >= 11 is 0. The summed E-state index contributed by atoms with van der Waals surface area (Å²) in [6, 6.07) is 14.8. The predicted octanol–water partition coefficient (Wildman–Crippen LogP) is 4.21. The third-order valence-electron chi connectivity index (χ3n) is 3.46. The van der Waals surface area contributed by atoms with E-state index < -0.39 is 5.91 Å². The number of hydrogen-bond donors (Lipinski definition) is 2. The van der Waals surface area contributed by atoms with E-state index in [1.807, 2.05) is 58.9 Å². The number of carbonyl (C=O) groups excluding carboxylic acids is 1. The number of rotatable bonds is 3. The standard InChI is InChI=1S/C17H15N3O2.2C2H6/c1-11-6-8-12(9-7-11)10-18-17(22)15-16(21)13-4-2-3-5-14(13)19-20-15;2*1-2/h2-9H,10H2,1H3,(H,18,22)(H,19,21);2*1-2H3. The number of nitrogens with zero attached hydrogens (tertiary/aromatic N) is 1. The van der Waals surface area contributed by atoms with E-state index in [-0.39, 0.29) is 11.1 Å². The quantitative estimate of drug-likeness (QED) is 0.740. The van der Waals surface area contributed by atoms with Crippen molar-refractivity contribution in [3.8, 4) is 0 Å². The Balaban J connectivity index is 0.000000791. The molecule has 138 valence electrons. The molecule has 2 aromatic carbocycles. The summed E-state index contributed by atoms with van der Waals surface area (Å²) < 4.78 is 0. The van der Waals surface area contributed by atoms with Crippen molar-refractivity contribution < 1.29 is 4.79 Å². The molecule has 5 heteroatoms. The topological polar surface area (TPSA) is 74.8 Å². The van der Waals surface area contributed by atoms with Gasteiger partial charge in [-0.15, -0.1) is 0 Å². The van der Waals surface area contributed by atoms with Crippen LogP contribution in [0.2, 0.25) is 0 Å². The van der Waals surface area contributed by atoms with Crippen molar-refractivity contribution in [2.45, 2.75) is 41.2 Å². The van der Waals surface area contributed by atoms with Gasteiger partial charge in [-0.3, -0.25) is 14.7 Å². The maximum atomic E-state index is 12.3. The Morgan fingerprint density at radius 1 is 1.00 bits per heavy atom. The van der Waals surface area contributed by atoms with Crippen LogP contribution in [0.5, 0.6) is 0 Å². The van der Waals surface area contributed by atoms with Gasteiger partial charge in [-0.2, -0.15) is 5.10 Å². The highest BCUT2D eigenvalue weighted by molar-refractivity contribution is 5.95. The van der Waals surface area contributed by atoms with Crippen LogP contribution in [0.3, 0.4) is 0 Å². The van der Waals surface area contributed by atoms with E-state index in [4.69, 9.17) is 0 Å². The Labute approximate surface area is 154 Å². The van der Waals surface area contributed by atoms with E-state index >= 15 is 0 Å². The van der Waals surface area contributed by atoms with Gasteiger partial charge in [0.1, 0.15) is 0 Å². The van der Waals surface area contributed by atoms with Gasteiger partial charge in [-0.25, -0.2) is 0 Å². The number of aryl methyl sites for hydroxylation is 1. The first kappa shape index (κ1) is 21.1. The predicted molar refractivity (Wildman–Crippen MR) is 107 cm³/mol. The molecule has 1 heterocycles. The lowest BCUT2D eigenvalue weighted by Gasteiger charge is -2.05. The van der Waals surface area contributed by atoms with Crippen LogP contribution in [-0.4, -0.2) is 16.1 Å². The second-order valence-corrected chi connectivity index (χ2v) is 5.12. The highest BCUT2D eigenvalue weighted by atomic mass is 16.2. The Kier molecular flexibility index (Phi) is 8.78. The number of fused-ring (bicyclic) bond motifs is 1. The van der Waals surface area contributed by atoms with E-state index in [0.717, 1.165) is 11.1 Å². The number of hydrogen-bond acceptors (Lipinski definition) is 3. The SMILES string of the molecule is CC.CC.Cc1ccc(CNC(=O)c2n[nH]c3ccccc3c2=O)cc1. The zero-order valence-corrected chi connectivity index (χ0v) is 16.1. The normalized spacial score (nSPS) is 9.42. The van der Waals surface area contributed by atoms with Gasteiger partial charge < -0.3 is 5.32 Å². The molecule has 1 aromatic heterocycles. The van der Waals surface area contributed by atoms with Crippen molar-refractivity contribution in [2.75, 3.05) is 0 Å². The third kappa shape index (κ3) is 5.28. The van der Waals surface area contributed by atoms with Gasteiger partial charge in [0, 0.05) is 11.9 Å². The number of H-pyrrole nitrogens is 1. The molecule has 0 fully saturated rings. The molecule has 0 spiro atoms. The molecular formula is C21H27N3O2.